The highest BCUT2D eigenvalue weighted by Gasteiger charge is 2.28. The maximum atomic E-state index is 5.57. The van der Waals surface area contributed by atoms with Crippen molar-refractivity contribution in [2.45, 2.75) is 19.4 Å². The predicted octanol–water partition coefficient (Wildman–Crippen LogP) is 2.24. The Kier molecular flexibility index (Phi) is 2.61. The third-order valence-corrected chi connectivity index (χ3v) is 3.70. The smallest absolute Gasteiger partial charge is 0.178 e. The summed E-state index contributed by atoms with van der Waals surface area (Å²) in [5.41, 5.74) is 0. The standard InChI is InChI=1S/C7H9IN2OS/c1-4-2-3-11-5(4)6-9-10-7(8)12-6/h4-5H,2-3H2,1H3. The highest BCUT2D eigenvalue weighted by Crippen LogP contribution is 2.35. The predicted molar refractivity (Wildman–Crippen MR) is 55.1 cm³/mol. The Balaban J connectivity index is 2.19. The molecule has 0 amide bonds. The quantitative estimate of drug-likeness (QED) is 0.746. The minimum atomic E-state index is 0.200. The van der Waals surface area contributed by atoms with E-state index in [9.17, 15) is 0 Å². The van der Waals surface area contributed by atoms with Crippen LogP contribution >= 0.6 is 33.9 Å². The van der Waals surface area contributed by atoms with Crippen LogP contribution < -0.4 is 0 Å². The summed E-state index contributed by atoms with van der Waals surface area (Å²) in [6.07, 6.45) is 1.34. The molecule has 1 aromatic rings. The Hall–Kier alpha value is 0.250. The lowest BCUT2D eigenvalue weighted by atomic mass is 10.1. The Morgan fingerprint density at radius 2 is 2.42 bits per heavy atom. The fraction of sp³-hybridized carbons (Fsp3) is 0.714. The zero-order chi connectivity index (χ0) is 8.55. The van der Waals surface area contributed by atoms with E-state index in [2.05, 4.69) is 39.7 Å². The van der Waals surface area contributed by atoms with Crippen LogP contribution in [0.15, 0.2) is 0 Å². The number of nitrogens with zero attached hydrogens (tertiary/aromatic N) is 2. The van der Waals surface area contributed by atoms with Crippen molar-refractivity contribution in [2.24, 2.45) is 5.92 Å². The SMILES string of the molecule is CC1CCOC1c1nnc(I)s1. The van der Waals surface area contributed by atoms with Gasteiger partial charge in [-0.2, -0.15) is 0 Å². The van der Waals surface area contributed by atoms with E-state index in [1.165, 1.54) is 0 Å². The first-order valence-corrected chi connectivity index (χ1v) is 5.77. The zero-order valence-electron chi connectivity index (χ0n) is 6.66. The molecule has 1 fully saturated rings. The van der Waals surface area contributed by atoms with Crippen LogP contribution in [0.3, 0.4) is 0 Å². The lowest BCUT2D eigenvalue weighted by molar-refractivity contribution is 0.0937. The molecule has 1 aliphatic rings. The second-order valence-corrected chi connectivity index (χ2v) is 5.71. The fourth-order valence-electron chi connectivity index (χ4n) is 1.34. The molecule has 0 aromatic carbocycles. The van der Waals surface area contributed by atoms with Gasteiger partial charge in [-0.15, -0.1) is 10.2 Å². The number of aromatic nitrogens is 2. The van der Waals surface area contributed by atoms with Gasteiger partial charge in [-0.1, -0.05) is 18.3 Å². The largest absolute Gasteiger partial charge is 0.371 e. The van der Waals surface area contributed by atoms with Crippen molar-refractivity contribution in [3.8, 4) is 0 Å². The van der Waals surface area contributed by atoms with Crippen LogP contribution in [0.1, 0.15) is 24.5 Å². The Morgan fingerprint density at radius 1 is 1.58 bits per heavy atom. The zero-order valence-corrected chi connectivity index (χ0v) is 9.63. The van der Waals surface area contributed by atoms with Crippen molar-refractivity contribution in [1.29, 1.82) is 0 Å². The normalized spacial score (nSPS) is 29.5. The average Bonchev–Trinajstić information content (AvgIpc) is 2.58. The number of hydrogen-bond acceptors (Lipinski definition) is 4. The second kappa shape index (κ2) is 3.55. The van der Waals surface area contributed by atoms with Gasteiger partial charge in [-0.3, -0.25) is 0 Å². The average molecular weight is 296 g/mol. The van der Waals surface area contributed by atoms with Gasteiger partial charge in [0.2, 0.25) is 0 Å². The highest BCUT2D eigenvalue weighted by atomic mass is 127. The summed E-state index contributed by atoms with van der Waals surface area (Å²) in [4.78, 5) is 0. The van der Waals surface area contributed by atoms with E-state index in [1.54, 1.807) is 11.3 Å². The molecule has 2 atom stereocenters. The summed E-state index contributed by atoms with van der Waals surface area (Å²) >= 11 is 3.81. The van der Waals surface area contributed by atoms with Gasteiger partial charge in [0, 0.05) is 6.61 Å². The summed E-state index contributed by atoms with van der Waals surface area (Å²) in [6, 6.07) is 0. The van der Waals surface area contributed by atoms with Crippen LogP contribution in [0.2, 0.25) is 0 Å². The first-order chi connectivity index (χ1) is 5.77. The molecule has 12 heavy (non-hydrogen) atoms. The van der Waals surface area contributed by atoms with Crippen LogP contribution in [0.5, 0.6) is 0 Å². The van der Waals surface area contributed by atoms with E-state index in [-0.39, 0.29) is 6.10 Å². The Labute approximate surface area is 88.7 Å². The fourth-order valence-corrected chi connectivity index (χ4v) is 2.88. The van der Waals surface area contributed by atoms with Crippen molar-refractivity contribution >= 4 is 33.9 Å². The van der Waals surface area contributed by atoms with E-state index in [0.717, 1.165) is 21.0 Å². The molecule has 2 unspecified atom stereocenters. The second-order valence-electron chi connectivity index (χ2n) is 2.95. The lowest BCUT2D eigenvalue weighted by Gasteiger charge is -2.09. The molecule has 1 aromatic heterocycles. The third kappa shape index (κ3) is 1.62. The molecular weight excluding hydrogens is 287 g/mol. The third-order valence-electron chi connectivity index (χ3n) is 2.05. The molecule has 1 saturated heterocycles. The number of halogens is 1. The van der Waals surface area contributed by atoms with E-state index < -0.39 is 0 Å². The van der Waals surface area contributed by atoms with Gasteiger partial charge >= 0.3 is 0 Å². The summed E-state index contributed by atoms with van der Waals surface area (Å²) in [5, 5.41) is 9.09. The first kappa shape index (κ1) is 8.83. The molecule has 0 bridgehead atoms. The topological polar surface area (TPSA) is 35.0 Å². The van der Waals surface area contributed by atoms with E-state index in [0.29, 0.717) is 5.92 Å². The van der Waals surface area contributed by atoms with Gasteiger partial charge in [-0.25, -0.2) is 0 Å². The van der Waals surface area contributed by atoms with Crippen LogP contribution in [0.25, 0.3) is 0 Å². The maximum Gasteiger partial charge on any atom is 0.178 e. The molecule has 3 nitrogen and oxygen atoms in total. The van der Waals surface area contributed by atoms with Gasteiger partial charge in [0.05, 0.1) is 0 Å². The van der Waals surface area contributed by atoms with Crippen molar-refractivity contribution in [2.75, 3.05) is 6.61 Å². The van der Waals surface area contributed by atoms with Crippen LogP contribution in [0, 0.1) is 8.93 Å². The highest BCUT2D eigenvalue weighted by molar-refractivity contribution is 14.1. The lowest BCUT2D eigenvalue weighted by Crippen LogP contribution is -2.02. The Bertz CT molecular complexity index is 278. The van der Waals surface area contributed by atoms with Gasteiger partial charge in [0.1, 0.15) is 11.1 Å². The van der Waals surface area contributed by atoms with E-state index in [1.807, 2.05) is 0 Å². The molecule has 0 spiro atoms. The molecular formula is C7H9IN2OS. The molecule has 0 N–H and O–H groups in total. The van der Waals surface area contributed by atoms with Gasteiger partial charge in [0.15, 0.2) is 3.01 Å². The van der Waals surface area contributed by atoms with E-state index in [4.69, 9.17) is 4.74 Å². The van der Waals surface area contributed by atoms with Crippen LogP contribution in [0.4, 0.5) is 0 Å². The number of hydrogen-bond donors (Lipinski definition) is 0. The number of rotatable bonds is 1. The first-order valence-electron chi connectivity index (χ1n) is 3.88. The molecule has 66 valence electrons. The van der Waals surface area contributed by atoms with Crippen LogP contribution in [-0.4, -0.2) is 16.8 Å². The van der Waals surface area contributed by atoms with Crippen molar-refractivity contribution < 1.29 is 4.74 Å². The summed E-state index contributed by atoms with van der Waals surface area (Å²) in [6.45, 7) is 3.06. The molecule has 0 aliphatic carbocycles. The van der Waals surface area contributed by atoms with Crippen LogP contribution in [-0.2, 0) is 4.74 Å². The minimum Gasteiger partial charge on any atom is -0.371 e. The summed E-state index contributed by atoms with van der Waals surface area (Å²) in [7, 11) is 0. The van der Waals surface area contributed by atoms with Crippen molar-refractivity contribution in [3.05, 3.63) is 8.02 Å². The molecule has 2 rings (SSSR count). The molecule has 2 heterocycles. The van der Waals surface area contributed by atoms with E-state index >= 15 is 0 Å². The van der Waals surface area contributed by atoms with Gasteiger partial charge in [-0.05, 0) is 34.9 Å². The van der Waals surface area contributed by atoms with Gasteiger partial charge < -0.3 is 4.74 Å². The summed E-state index contributed by atoms with van der Waals surface area (Å²) in [5.74, 6) is 0.591. The minimum absolute atomic E-state index is 0.200. The Morgan fingerprint density at radius 3 is 2.92 bits per heavy atom. The molecule has 0 radical (unpaired) electrons. The van der Waals surface area contributed by atoms with Gasteiger partial charge in [0.25, 0.3) is 0 Å². The molecule has 5 heteroatoms. The monoisotopic (exact) mass is 296 g/mol. The molecule has 1 aliphatic heterocycles. The molecule has 0 saturated carbocycles. The van der Waals surface area contributed by atoms with Crippen molar-refractivity contribution in [3.63, 3.8) is 0 Å². The number of ether oxygens (including phenoxy) is 1. The van der Waals surface area contributed by atoms with Crippen molar-refractivity contribution in [1.82, 2.24) is 10.2 Å². The maximum absolute atomic E-state index is 5.57. The summed E-state index contributed by atoms with van der Waals surface area (Å²) < 4.78 is 6.56.